The molecule has 3 N–H and O–H groups in total. The normalized spacial score (nSPS) is 11.8. The van der Waals surface area contributed by atoms with Gasteiger partial charge in [-0.1, -0.05) is 13.8 Å². The summed E-state index contributed by atoms with van der Waals surface area (Å²) in [7, 11) is 0. The summed E-state index contributed by atoms with van der Waals surface area (Å²) >= 11 is 0. The van der Waals surface area contributed by atoms with Crippen LogP contribution in [0.25, 0.3) is 11.3 Å². The number of nitrogens with two attached hydrogens (primary N) is 1. The molecule has 1 heterocycles. The lowest BCUT2D eigenvalue weighted by Gasteiger charge is -2.18. The Kier molecular flexibility index (Phi) is 3.17. The summed E-state index contributed by atoms with van der Waals surface area (Å²) in [6.07, 6.45) is 1.49. The molecule has 0 fully saturated rings. The van der Waals surface area contributed by atoms with Crippen LogP contribution in [0.15, 0.2) is 24.4 Å². The van der Waals surface area contributed by atoms with Gasteiger partial charge in [-0.3, -0.25) is 0 Å². The predicted octanol–water partition coefficient (Wildman–Crippen LogP) is 2.59. The number of hydrogen-bond acceptors (Lipinski definition) is 2. The molecule has 0 radical (unpaired) electrons. The van der Waals surface area contributed by atoms with E-state index in [2.05, 4.69) is 9.97 Å². The van der Waals surface area contributed by atoms with Gasteiger partial charge in [0.2, 0.25) is 0 Å². The minimum atomic E-state index is -0.489. The molecule has 0 bridgehead atoms. The molecular weight excluding hydrogens is 236 g/mol. The first-order chi connectivity index (χ1) is 8.44. The number of benzene rings is 1. The largest absolute Gasteiger partial charge is 0.341 e. The molecule has 0 atom stereocenters. The third kappa shape index (κ3) is 2.26. The molecule has 0 saturated carbocycles. The van der Waals surface area contributed by atoms with Crippen LogP contribution in [-0.2, 0) is 5.41 Å². The van der Waals surface area contributed by atoms with Crippen molar-refractivity contribution < 1.29 is 8.78 Å². The van der Waals surface area contributed by atoms with E-state index in [4.69, 9.17) is 5.73 Å². The van der Waals surface area contributed by atoms with Crippen LogP contribution in [0.4, 0.5) is 8.78 Å². The third-order valence-corrected chi connectivity index (χ3v) is 2.95. The van der Waals surface area contributed by atoms with Gasteiger partial charge in [-0.15, -0.1) is 0 Å². The molecule has 0 amide bonds. The highest BCUT2D eigenvalue weighted by molar-refractivity contribution is 5.59. The van der Waals surface area contributed by atoms with Gasteiger partial charge >= 0.3 is 0 Å². The summed E-state index contributed by atoms with van der Waals surface area (Å²) < 4.78 is 26.7. The maximum absolute atomic E-state index is 13.6. The molecule has 2 rings (SSSR count). The van der Waals surface area contributed by atoms with E-state index < -0.39 is 11.6 Å². The fourth-order valence-electron chi connectivity index (χ4n) is 1.60. The van der Waals surface area contributed by atoms with Crippen molar-refractivity contribution in [2.75, 3.05) is 6.54 Å². The number of hydrogen-bond donors (Lipinski definition) is 2. The van der Waals surface area contributed by atoms with E-state index in [-0.39, 0.29) is 11.0 Å². The molecule has 5 heteroatoms. The molecule has 2 aromatic rings. The molecule has 0 spiro atoms. The van der Waals surface area contributed by atoms with Crippen LogP contribution in [-0.4, -0.2) is 16.5 Å². The molecule has 0 aliphatic rings. The highest BCUT2D eigenvalue weighted by atomic mass is 19.1. The number of nitrogens with zero attached hydrogens (tertiary/aromatic N) is 1. The van der Waals surface area contributed by atoms with Gasteiger partial charge in [-0.05, 0) is 18.2 Å². The topological polar surface area (TPSA) is 54.7 Å². The average molecular weight is 251 g/mol. The third-order valence-electron chi connectivity index (χ3n) is 2.95. The molecule has 96 valence electrons. The fraction of sp³-hybridized carbons (Fsp3) is 0.308. The Bertz CT molecular complexity index is 561. The van der Waals surface area contributed by atoms with E-state index in [0.29, 0.717) is 18.1 Å². The lowest BCUT2D eigenvalue weighted by Crippen LogP contribution is -2.29. The lowest BCUT2D eigenvalue weighted by molar-refractivity contribution is 0.508. The number of aromatic nitrogens is 2. The summed E-state index contributed by atoms with van der Waals surface area (Å²) in [4.78, 5) is 7.17. The van der Waals surface area contributed by atoms with Crippen molar-refractivity contribution in [1.29, 1.82) is 0 Å². The number of rotatable bonds is 3. The van der Waals surface area contributed by atoms with Crippen molar-refractivity contribution in [3.63, 3.8) is 0 Å². The fourth-order valence-corrected chi connectivity index (χ4v) is 1.60. The maximum atomic E-state index is 13.6. The molecule has 18 heavy (non-hydrogen) atoms. The Morgan fingerprint density at radius 1 is 1.33 bits per heavy atom. The zero-order valence-corrected chi connectivity index (χ0v) is 10.3. The number of aromatic amines is 1. The molecule has 0 saturated heterocycles. The number of nitrogens with one attached hydrogen (secondary N) is 1. The van der Waals surface area contributed by atoms with Gasteiger partial charge in [0.15, 0.2) is 0 Å². The Balaban J connectivity index is 2.44. The summed E-state index contributed by atoms with van der Waals surface area (Å²) in [5, 5.41) is 0. The zero-order valence-electron chi connectivity index (χ0n) is 10.3. The van der Waals surface area contributed by atoms with Gasteiger partial charge in [-0.2, -0.15) is 0 Å². The minimum Gasteiger partial charge on any atom is -0.341 e. The second-order valence-electron chi connectivity index (χ2n) is 4.86. The van der Waals surface area contributed by atoms with Gasteiger partial charge in [0.1, 0.15) is 17.5 Å². The van der Waals surface area contributed by atoms with Gasteiger partial charge in [-0.25, -0.2) is 13.8 Å². The highest BCUT2D eigenvalue weighted by Gasteiger charge is 2.22. The zero-order chi connectivity index (χ0) is 13.3. The van der Waals surface area contributed by atoms with E-state index in [1.54, 1.807) is 0 Å². The standard InChI is InChI=1S/C13H15F2N3/c1-13(2,7-16)12-17-6-11(18-12)9-5-8(14)3-4-10(9)15/h3-6H,7,16H2,1-2H3,(H,17,18). The molecule has 0 unspecified atom stereocenters. The van der Waals surface area contributed by atoms with Crippen molar-refractivity contribution in [1.82, 2.24) is 9.97 Å². The van der Waals surface area contributed by atoms with Crippen LogP contribution in [0.1, 0.15) is 19.7 Å². The van der Waals surface area contributed by atoms with Crippen LogP contribution in [0.5, 0.6) is 0 Å². The van der Waals surface area contributed by atoms with Crippen molar-refractivity contribution in [2.45, 2.75) is 19.3 Å². The Morgan fingerprint density at radius 3 is 2.72 bits per heavy atom. The van der Waals surface area contributed by atoms with Crippen molar-refractivity contribution in [2.24, 2.45) is 5.73 Å². The first kappa shape index (κ1) is 12.7. The molecule has 0 aliphatic heterocycles. The second-order valence-corrected chi connectivity index (χ2v) is 4.86. The summed E-state index contributed by atoms with van der Waals surface area (Å²) in [5.74, 6) is -0.318. The summed E-state index contributed by atoms with van der Waals surface area (Å²) in [5.41, 5.74) is 5.93. The first-order valence-corrected chi connectivity index (χ1v) is 5.65. The SMILES string of the molecule is CC(C)(CN)c1ncc(-c2cc(F)ccc2F)[nH]1. The van der Waals surface area contributed by atoms with Gasteiger partial charge < -0.3 is 10.7 Å². The molecular formula is C13H15F2N3. The van der Waals surface area contributed by atoms with Crippen LogP contribution in [0.2, 0.25) is 0 Å². The first-order valence-electron chi connectivity index (χ1n) is 5.65. The molecule has 1 aromatic carbocycles. The average Bonchev–Trinajstić information content (AvgIpc) is 2.82. The lowest BCUT2D eigenvalue weighted by atomic mass is 9.93. The van der Waals surface area contributed by atoms with Crippen LogP contribution < -0.4 is 5.73 Å². The summed E-state index contributed by atoms with van der Waals surface area (Å²) in [6, 6.07) is 3.32. The van der Waals surface area contributed by atoms with Crippen LogP contribution >= 0.6 is 0 Å². The van der Waals surface area contributed by atoms with E-state index in [1.165, 1.54) is 6.20 Å². The van der Waals surface area contributed by atoms with E-state index in [0.717, 1.165) is 18.2 Å². The highest BCUT2D eigenvalue weighted by Crippen LogP contribution is 2.25. The van der Waals surface area contributed by atoms with E-state index in [1.807, 2.05) is 13.8 Å². The number of H-pyrrole nitrogens is 1. The Hall–Kier alpha value is -1.75. The van der Waals surface area contributed by atoms with Gasteiger partial charge in [0.25, 0.3) is 0 Å². The maximum Gasteiger partial charge on any atom is 0.132 e. The minimum absolute atomic E-state index is 0.168. The molecule has 0 aliphatic carbocycles. The Labute approximate surface area is 104 Å². The van der Waals surface area contributed by atoms with Crippen molar-refractivity contribution in [3.8, 4) is 11.3 Å². The quantitative estimate of drug-likeness (QED) is 0.881. The second kappa shape index (κ2) is 4.49. The predicted molar refractivity (Wildman–Crippen MR) is 66.0 cm³/mol. The van der Waals surface area contributed by atoms with Crippen molar-refractivity contribution in [3.05, 3.63) is 41.9 Å². The number of halogens is 2. The van der Waals surface area contributed by atoms with E-state index in [9.17, 15) is 8.78 Å². The van der Waals surface area contributed by atoms with Gasteiger partial charge in [0.05, 0.1) is 11.9 Å². The van der Waals surface area contributed by atoms with Gasteiger partial charge in [0, 0.05) is 17.5 Å². The monoisotopic (exact) mass is 251 g/mol. The molecule has 3 nitrogen and oxygen atoms in total. The summed E-state index contributed by atoms with van der Waals surface area (Å²) in [6.45, 7) is 4.26. The van der Waals surface area contributed by atoms with E-state index >= 15 is 0 Å². The smallest absolute Gasteiger partial charge is 0.132 e. The Morgan fingerprint density at radius 2 is 2.06 bits per heavy atom. The van der Waals surface area contributed by atoms with Crippen molar-refractivity contribution >= 4 is 0 Å². The van der Waals surface area contributed by atoms with Crippen LogP contribution in [0.3, 0.4) is 0 Å². The molecule has 1 aromatic heterocycles. The van der Waals surface area contributed by atoms with Crippen LogP contribution in [0, 0.1) is 11.6 Å². The number of imidazole rings is 1.